The van der Waals surface area contributed by atoms with E-state index in [1.165, 1.54) is 0 Å². The zero-order valence-corrected chi connectivity index (χ0v) is 8.44. The third-order valence-electron chi connectivity index (χ3n) is 2.16. The Morgan fingerprint density at radius 2 is 2.50 bits per heavy atom. The van der Waals surface area contributed by atoms with Crippen LogP contribution in [0, 0.1) is 0 Å². The third-order valence-corrected chi connectivity index (χ3v) is 2.53. The molecule has 0 aromatic carbocycles. The maximum atomic E-state index is 6.06. The van der Waals surface area contributed by atoms with Gasteiger partial charge in [-0.05, 0) is 12.8 Å². The number of hydrogen-bond acceptors (Lipinski definition) is 2. The summed E-state index contributed by atoms with van der Waals surface area (Å²) < 4.78 is 5.24. The topological polar surface area (TPSA) is 21.3 Å². The molecule has 0 bridgehead atoms. The van der Waals surface area contributed by atoms with E-state index in [-0.39, 0.29) is 5.38 Å². The van der Waals surface area contributed by atoms with Crippen LogP contribution in [0.15, 0.2) is 0 Å². The summed E-state index contributed by atoms with van der Waals surface area (Å²) in [6, 6.07) is 0.545. The summed E-state index contributed by atoms with van der Waals surface area (Å²) in [6.45, 7) is 4.84. The van der Waals surface area contributed by atoms with E-state index in [9.17, 15) is 0 Å². The average Bonchev–Trinajstić information content (AvgIpc) is 2.53. The molecule has 2 atom stereocenters. The van der Waals surface area contributed by atoms with E-state index >= 15 is 0 Å². The highest BCUT2D eigenvalue weighted by Crippen LogP contribution is 2.07. The summed E-state index contributed by atoms with van der Waals surface area (Å²) in [5, 5.41) is 3.70. The molecular weight excluding hydrogens is 174 g/mol. The van der Waals surface area contributed by atoms with Crippen molar-refractivity contribution in [3.63, 3.8) is 0 Å². The minimum Gasteiger partial charge on any atom is -0.380 e. The fourth-order valence-electron chi connectivity index (χ4n) is 1.41. The molecule has 0 aromatic rings. The molecule has 1 rings (SSSR count). The highest BCUT2D eigenvalue weighted by Gasteiger charge is 2.15. The van der Waals surface area contributed by atoms with Gasteiger partial charge < -0.3 is 10.1 Å². The molecular formula is C9H18ClNO. The highest BCUT2D eigenvalue weighted by molar-refractivity contribution is 6.20. The molecule has 0 spiro atoms. The van der Waals surface area contributed by atoms with Gasteiger partial charge >= 0.3 is 0 Å². The van der Waals surface area contributed by atoms with Gasteiger partial charge in [-0.3, -0.25) is 0 Å². The normalized spacial score (nSPS) is 26.0. The first-order valence-corrected chi connectivity index (χ1v) is 5.21. The molecule has 0 amide bonds. The molecule has 1 N–H and O–H groups in total. The summed E-state index contributed by atoms with van der Waals surface area (Å²) in [7, 11) is 0. The largest absolute Gasteiger partial charge is 0.380 e. The fraction of sp³-hybridized carbons (Fsp3) is 1.00. The van der Waals surface area contributed by atoms with Crippen LogP contribution in [-0.2, 0) is 4.74 Å². The van der Waals surface area contributed by atoms with Crippen LogP contribution in [0.25, 0.3) is 0 Å². The van der Waals surface area contributed by atoms with Crippen molar-refractivity contribution in [2.75, 3.05) is 19.8 Å². The number of hydrogen-bond donors (Lipinski definition) is 1. The number of rotatable bonds is 5. The second-order valence-electron chi connectivity index (χ2n) is 3.35. The Balaban J connectivity index is 1.99. The maximum Gasteiger partial charge on any atom is 0.0620 e. The molecule has 0 aromatic heterocycles. The van der Waals surface area contributed by atoms with Gasteiger partial charge in [0.1, 0.15) is 0 Å². The van der Waals surface area contributed by atoms with Gasteiger partial charge in [0, 0.05) is 24.6 Å². The van der Waals surface area contributed by atoms with Gasteiger partial charge in [0.15, 0.2) is 0 Å². The molecule has 3 heteroatoms. The zero-order valence-electron chi connectivity index (χ0n) is 7.68. The predicted molar refractivity (Wildman–Crippen MR) is 51.8 cm³/mol. The van der Waals surface area contributed by atoms with Crippen LogP contribution in [0.5, 0.6) is 0 Å². The smallest absolute Gasteiger partial charge is 0.0620 e. The van der Waals surface area contributed by atoms with E-state index in [1.54, 1.807) is 0 Å². The Kier molecular flexibility index (Phi) is 4.96. The zero-order chi connectivity index (χ0) is 8.81. The van der Waals surface area contributed by atoms with Crippen molar-refractivity contribution in [3.05, 3.63) is 0 Å². The molecule has 72 valence electrons. The Labute approximate surface area is 79.6 Å². The van der Waals surface area contributed by atoms with Crippen LogP contribution in [0.4, 0.5) is 0 Å². The quantitative estimate of drug-likeness (QED) is 0.669. The molecule has 0 aliphatic carbocycles. The van der Waals surface area contributed by atoms with E-state index in [4.69, 9.17) is 16.3 Å². The van der Waals surface area contributed by atoms with Crippen molar-refractivity contribution in [1.29, 1.82) is 0 Å². The summed E-state index contributed by atoms with van der Waals surface area (Å²) in [5.41, 5.74) is 0. The lowest BCUT2D eigenvalue weighted by Gasteiger charge is -2.13. The number of ether oxygens (including phenoxy) is 1. The first-order valence-electron chi connectivity index (χ1n) is 4.78. The standard InChI is InChI=1S/C9H18ClNO/c1-2-3-8(10)6-11-9-4-5-12-7-9/h8-9,11H,2-7H2,1H3. The minimum absolute atomic E-state index is 0.288. The molecule has 2 unspecified atom stereocenters. The van der Waals surface area contributed by atoms with Gasteiger partial charge in [-0.25, -0.2) is 0 Å². The maximum absolute atomic E-state index is 6.06. The average molecular weight is 192 g/mol. The SMILES string of the molecule is CCCC(Cl)CNC1CCOC1. The van der Waals surface area contributed by atoms with E-state index in [0.29, 0.717) is 6.04 Å². The van der Waals surface area contributed by atoms with Crippen molar-refractivity contribution >= 4 is 11.6 Å². The summed E-state index contributed by atoms with van der Waals surface area (Å²) in [4.78, 5) is 0. The Morgan fingerprint density at radius 1 is 1.67 bits per heavy atom. The fourth-order valence-corrected chi connectivity index (χ4v) is 1.71. The second kappa shape index (κ2) is 5.79. The molecule has 12 heavy (non-hydrogen) atoms. The van der Waals surface area contributed by atoms with Crippen LogP contribution < -0.4 is 5.32 Å². The Hall–Kier alpha value is 0.210. The molecule has 1 fully saturated rings. The second-order valence-corrected chi connectivity index (χ2v) is 3.97. The molecule has 1 aliphatic heterocycles. The van der Waals surface area contributed by atoms with E-state index in [2.05, 4.69) is 12.2 Å². The van der Waals surface area contributed by atoms with E-state index in [0.717, 1.165) is 39.0 Å². The lowest BCUT2D eigenvalue weighted by atomic mass is 10.2. The van der Waals surface area contributed by atoms with Gasteiger partial charge in [-0.2, -0.15) is 0 Å². The molecule has 1 saturated heterocycles. The van der Waals surface area contributed by atoms with Gasteiger partial charge in [0.2, 0.25) is 0 Å². The number of halogens is 1. The lowest BCUT2D eigenvalue weighted by molar-refractivity contribution is 0.190. The van der Waals surface area contributed by atoms with Crippen molar-refractivity contribution in [3.8, 4) is 0 Å². The van der Waals surface area contributed by atoms with Crippen molar-refractivity contribution in [2.24, 2.45) is 0 Å². The predicted octanol–water partition coefficient (Wildman–Crippen LogP) is 1.77. The van der Waals surface area contributed by atoms with Crippen LogP contribution in [-0.4, -0.2) is 31.2 Å². The summed E-state index contributed by atoms with van der Waals surface area (Å²) >= 11 is 6.06. The molecule has 0 saturated carbocycles. The van der Waals surface area contributed by atoms with Gasteiger partial charge in [0.25, 0.3) is 0 Å². The molecule has 2 nitrogen and oxygen atoms in total. The molecule has 1 aliphatic rings. The van der Waals surface area contributed by atoms with Gasteiger partial charge in [-0.15, -0.1) is 11.6 Å². The molecule has 0 radical (unpaired) electrons. The monoisotopic (exact) mass is 191 g/mol. The van der Waals surface area contributed by atoms with E-state index in [1.807, 2.05) is 0 Å². The first kappa shape index (κ1) is 10.3. The van der Waals surface area contributed by atoms with Gasteiger partial charge in [0.05, 0.1) is 6.61 Å². The minimum atomic E-state index is 0.288. The van der Waals surface area contributed by atoms with Crippen LogP contribution in [0.3, 0.4) is 0 Å². The Morgan fingerprint density at radius 3 is 3.08 bits per heavy atom. The van der Waals surface area contributed by atoms with Crippen molar-refractivity contribution < 1.29 is 4.74 Å². The highest BCUT2D eigenvalue weighted by atomic mass is 35.5. The van der Waals surface area contributed by atoms with Crippen molar-refractivity contribution in [2.45, 2.75) is 37.6 Å². The van der Waals surface area contributed by atoms with Gasteiger partial charge in [-0.1, -0.05) is 13.3 Å². The van der Waals surface area contributed by atoms with E-state index < -0.39 is 0 Å². The first-order chi connectivity index (χ1) is 5.83. The summed E-state index contributed by atoms with van der Waals surface area (Å²) in [5.74, 6) is 0. The van der Waals surface area contributed by atoms with Crippen LogP contribution in [0.1, 0.15) is 26.2 Å². The van der Waals surface area contributed by atoms with Crippen molar-refractivity contribution in [1.82, 2.24) is 5.32 Å². The van der Waals surface area contributed by atoms with Crippen LogP contribution >= 0.6 is 11.6 Å². The summed E-state index contributed by atoms with van der Waals surface area (Å²) in [6.07, 6.45) is 3.40. The molecule has 1 heterocycles. The third kappa shape index (κ3) is 3.74. The Bertz CT molecular complexity index is 115. The number of alkyl halides is 1. The lowest BCUT2D eigenvalue weighted by Crippen LogP contribution is -2.34. The van der Waals surface area contributed by atoms with Crippen LogP contribution in [0.2, 0.25) is 0 Å². The number of nitrogens with one attached hydrogen (secondary N) is 1.